The van der Waals surface area contributed by atoms with Crippen molar-refractivity contribution in [2.24, 2.45) is 0 Å². The summed E-state index contributed by atoms with van der Waals surface area (Å²) in [6, 6.07) is 17.4. The van der Waals surface area contributed by atoms with Crippen LogP contribution in [-0.4, -0.2) is 21.8 Å². The van der Waals surface area contributed by atoms with E-state index in [1.165, 1.54) is 4.90 Å². The number of Topliss-reactive ketones (excluding diaryl/α,β-unsaturated/α-hetero) is 1. The van der Waals surface area contributed by atoms with Crippen molar-refractivity contribution in [2.75, 3.05) is 4.90 Å². The van der Waals surface area contributed by atoms with Gasteiger partial charge in [-0.2, -0.15) is 0 Å². The molecule has 0 aliphatic carbocycles. The fourth-order valence-electron chi connectivity index (χ4n) is 4.39. The molecule has 1 aliphatic rings. The number of nitrogens with zero attached hydrogens (tertiary/aromatic N) is 1. The lowest BCUT2D eigenvalue weighted by atomic mass is 9.94. The maximum absolute atomic E-state index is 13.4. The molecule has 0 bridgehead atoms. The second kappa shape index (κ2) is 8.46. The molecule has 1 unspecified atom stereocenters. The summed E-state index contributed by atoms with van der Waals surface area (Å²) in [6.45, 7) is 3.76. The van der Waals surface area contributed by atoms with E-state index in [0.29, 0.717) is 21.8 Å². The molecule has 1 atom stereocenters. The van der Waals surface area contributed by atoms with Crippen molar-refractivity contribution in [1.82, 2.24) is 4.98 Å². The average molecular weight is 536 g/mol. The molecule has 1 aliphatic heterocycles. The van der Waals surface area contributed by atoms with Crippen molar-refractivity contribution in [1.29, 1.82) is 0 Å². The molecule has 34 heavy (non-hydrogen) atoms. The third-order valence-corrected chi connectivity index (χ3v) is 7.52. The molecule has 170 valence electrons. The average Bonchev–Trinajstić information content (AvgIpc) is 3.36. The van der Waals surface area contributed by atoms with E-state index in [1.807, 2.05) is 38.1 Å². The molecule has 7 heteroatoms. The molecule has 3 aromatic carbocycles. The number of aromatic amines is 1. The molecule has 0 spiro atoms. The minimum atomic E-state index is -0.834. The molecular weight excluding hydrogens is 516 g/mol. The summed E-state index contributed by atoms with van der Waals surface area (Å²) in [6.07, 6.45) is 1.78. The molecule has 1 amide bonds. The molecule has 5 nitrogen and oxygen atoms in total. The van der Waals surface area contributed by atoms with Crippen molar-refractivity contribution >= 4 is 61.6 Å². The van der Waals surface area contributed by atoms with Crippen LogP contribution in [0.15, 0.2) is 76.9 Å². The minimum absolute atomic E-state index is 0.0353. The Morgan fingerprint density at radius 1 is 1.03 bits per heavy atom. The first-order valence-electron chi connectivity index (χ1n) is 10.7. The van der Waals surface area contributed by atoms with Crippen LogP contribution < -0.4 is 4.90 Å². The van der Waals surface area contributed by atoms with Crippen molar-refractivity contribution in [2.45, 2.75) is 19.9 Å². The van der Waals surface area contributed by atoms with Crippen LogP contribution in [0.2, 0.25) is 5.02 Å². The predicted octanol–water partition coefficient (Wildman–Crippen LogP) is 6.83. The van der Waals surface area contributed by atoms with Gasteiger partial charge in [-0.15, -0.1) is 0 Å². The van der Waals surface area contributed by atoms with E-state index in [0.717, 1.165) is 26.5 Å². The summed E-state index contributed by atoms with van der Waals surface area (Å²) < 4.78 is 0.881. The Kier molecular flexibility index (Phi) is 5.58. The fourth-order valence-corrected chi connectivity index (χ4v) is 4.81. The Morgan fingerprint density at radius 3 is 2.53 bits per heavy atom. The maximum atomic E-state index is 13.4. The highest BCUT2D eigenvalue weighted by Crippen LogP contribution is 2.45. The number of aliphatic hydroxyl groups excluding tert-OH is 1. The van der Waals surface area contributed by atoms with Gasteiger partial charge in [0.1, 0.15) is 5.76 Å². The van der Waals surface area contributed by atoms with Gasteiger partial charge < -0.3 is 10.1 Å². The number of carbonyl (C=O) groups is 2. The third kappa shape index (κ3) is 3.54. The number of aryl methyl sites for hydroxylation is 2. The SMILES string of the molecule is Cc1ccc(N2C(=O)C(=O)/C(=C(/O)c3ccc(Br)c(C)c3)C2c2c[nH]c3ccccc23)cc1Cl. The quantitative estimate of drug-likeness (QED) is 0.172. The first kappa shape index (κ1) is 22.4. The van der Waals surface area contributed by atoms with E-state index < -0.39 is 17.7 Å². The van der Waals surface area contributed by atoms with Crippen LogP contribution in [0, 0.1) is 13.8 Å². The van der Waals surface area contributed by atoms with Gasteiger partial charge in [0.15, 0.2) is 0 Å². The Hall–Kier alpha value is -3.35. The number of hydrogen-bond donors (Lipinski definition) is 2. The van der Waals surface area contributed by atoms with Gasteiger partial charge in [0.05, 0.1) is 11.6 Å². The predicted molar refractivity (Wildman–Crippen MR) is 138 cm³/mol. The zero-order chi connectivity index (χ0) is 24.1. The van der Waals surface area contributed by atoms with Crippen LogP contribution in [0.5, 0.6) is 0 Å². The monoisotopic (exact) mass is 534 g/mol. The number of halogens is 2. The first-order valence-corrected chi connectivity index (χ1v) is 11.8. The number of aliphatic hydroxyl groups is 1. The highest BCUT2D eigenvalue weighted by molar-refractivity contribution is 9.10. The lowest BCUT2D eigenvalue weighted by Crippen LogP contribution is -2.29. The molecule has 0 saturated carbocycles. The number of ketones is 1. The number of H-pyrrole nitrogens is 1. The van der Waals surface area contributed by atoms with Crippen molar-refractivity contribution in [3.8, 4) is 0 Å². The second-order valence-corrected chi connectivity index (χ2v) is 9.62. The number of aromatic nitrogens is 1. The van der Waals surface area contributed by atoms with E-state index >= 15 is 0 Å². The van der Waals surface area contributed by atoms with Gasteiger partial charge in [0.25, 0.3) is 11.7 Å². The second-order valence-electron chi connectivity index (χ2n) is 8.36. The standard InChI is InChI=1S/C27H20BrClN2O3/c1-14-7-9-17(12-21(14)29)31-24(19-13-30-22-6-4-3-5-18(19)22)23(26(33)27(31)34)25(32)16-8-10-20(28)15(2)11-16/h3-13,24,30,32H,1-2H3/b25-23+. The van der Waals surface area contributed by atoms with Crippen molar-refractivity contribution in [3.05, 3.63) is 104 Å². The Morgan fingerprint density at radius 2 is 1.79 bits per heavy atom. The smallest absolute Gasteiger partial charge is 0.300 e. The molecule has 1 aromatic heterocycles. The molecule has 1 saturated heterocycles. The van der Waals surface area contributed by atoms with Crippen LogP contribution >= 0.6 is 27.5 Å². The van der Waals surface area contributed by atoms with Gasteiger partial charge in [0.2, 0.25) is 0 Å². The Labute approximate surface area is 209 Å². The molecule has 4 aromatic rings. The van der Waals surface area contributed by atoms with Crippen LogP contribution in [0.4, 0.5) is 5.69 Å². The molecule has 1 fully saturated rings. The zero-order valence-electron chi connectivity index (χ0n) is 18.4. The van der Waals surface area contributed by atoms with Gasteiger partial charge in [-0.1, -0.05) is 57.9 Å². The van der Waals surface area contributed by atoms with Crippen LogP contribution in [0.1, 0.15) is 28.3 Å². The van der Waals surface area contributed by atoms with Crippen molar-refractivity contribution in [3.63, 3.8) is 0 Å². The molecule has 0 radical (unpaired) electrons. The maximum Gasteiger partial charge on any atom is 0.300 e. The summed E-state index contributed by atoms with van der Waals surface area (Å²) in [5.74, 6) is -1.68. The summed E-state index contributed by atoms with van der Waals surface area (Å²) in [5, 5.41) is 12.7. The number of anilines is 1. The Bertz CT molecular complexity index is 1520. The Balaban J connectivity index is 1.79. The van der Waals surface area contributed by atoms with Gasteiger partial charge in [-0.3, -0.25) is 14.5 Å². The summed E-state index contributed by atoms with van der Waals surface area (Å²) in [4.78, 5) is 31.4. The van der Waals surface area contributed by atoms with Crippen LogP contribution in [0.3, 0.4) is 0 Å². The van der Waals surface area contributed by atoms with E-state index in [2.05, 4.69) is 20.9 Å². The number of hydrogen-bond acceptors (Lipinski definition) is 3. The highest BCUT2D eigenvalue weighted by Gasteiger charge is 2.47. The van der Waals surface area contributed by atoms with E-state index in [9.17, 15) is 14.7 Å². The highest BCUT2D eigenvalue weighted by atomic mass is 79.9. The number of rotatable bonds is 3. The van der Waals surface area contributed by atoms with E-state index in [-0.39, 0.29) is 11.3 Å². The van der Waals surface area contributed by atoms with Gasteiger partial charge in [-0.05, 0) is 55.3 Å². The number of nitrogens with one attached hydrogen (secondary N) is 1. The zero-order valence-corrected chi connectivity index (χ0v) is 20.7. The van der Waals surface area contributed by atoms with Gasteiger partial charge in [0, 0.05) is 43.4 Å². The topological polar surface area (TPSA) is 73.4 Å². The van der Waals surface area contributed by atoms with Crippen LogP contribution in [0.25, 0.3) is 16.7 Å². The summed E-state index contributed by atoms with van der Waals surface area (Å²) in [5.41, 5.74) is 4.31. The number of benzene rings is 3. The van der Waals surface area contributed by atoms with Crippen LogP contribution in [-0.2, 0) is 9.59 Å². The molecule has 5 rings (SSSR count). The fraction of sp³-hybridized carbons (Fsp3) is 0.111. The largest absolute Gasteiger partial charge is 0.507 e. The van der Waals surface area contributed by atoms with E-state index in [1.54, 1.807) is 42.6 Å². The normalized spacial score (nSPS) is 17.6. The number of para-hydroxylation sites is 1. The van der Waals surface area contributed by atoms with Gasteiger partial charge >= 0.3 is 0 Å². The number of carbonyl (C=O) groups excluding carboxylic acids is 2. The molecule has 2 N–H and O–H groups in total. The van der Waals surface area contributed by atoms with Gasteiger partial charge in [-0.25, -0.2) is 0 Å². The number of fused-ring (bicyclic) bond motifs is 1. The summed E-state index contributed by atoms with van der Waals surface area (Å²) in [7, 11) is 0. The number of amides is 1. The summed E-state index contributed by atoms with van der Waals surface area (Å²) >= 11 is 9.84. The van der Waals surface area contributed by atoms with Crippen molar-refractivity contribution < 1.29 is 14.7 Å². The molecular formula is C27H20BrClN2O3. The van der Waals surface area contributed by atoms with E-state index in [4.69, 9.17) is 11.6 Å². The lowest BCUT2D eigenvalue weighted by molar-refractivity contribution is -0.132. The minimum Gasteiger partial charge on any atom is -0.507 e. The third-order valence-electron chi connectivity index (χ3n) is 6.23. The lowest BCUT2D eigenvalue weighted by Gasteiger charge is -2.25. The molecule has 2 heterocycles. The first-order chi connectivity index (χ1) is 16.3.